The Hall–Kier alpha value is -0.120. The van der Waals surface area contributed by atoms with Crippen LogP contribution >= 0.6 is 0 Å². The Morgan fingerprint density at radius 1 is 1.07 bits per heavy atom. The maximum Gasteiger partial charge on any atom is 0.0589 e. The standard InChI is InChI=1S/C11H26N2O/c1-3-4-5-6-8-13(9-7-12)10-11-14-2/h3-12H2,1-2H3. The fourth-order valence-corrected chi connectivity index (χ4v) is 1.50. The van der Waals surface area contributed by atoms with E-state index in [1.807, 2.05) is 0 Å². The van der Waals surface area contributed by atoms with Crippen LogP contribution in [0.1, 0.15) is 32.6 Å². The molecule has 0 atom stereocenters. The summed E-state index contributed by atoms with van der Waals surface area (Å²) in [6, 6.07) is 0. The second-order valence-electron chi connectivity index (χ2n) is 3.68. The zero-order valence-electron chi connectivity index (χ0n) is 9.80. The molecule has 3 heteroatoms. The summed E-state index contributed by atoms with van der Waals surface area (Å²) < 4.78 is 5.06. The van der Waals surface area contributed by atoms with Gasteiger partial charge in [0.1, 0.15) is 0 Å². The summed E-state index contributed by atoms with van der Waals surface area (Å²) in [7, 11) is 1.75. The van der Waals surface area contributed by atoms with Crippen molar-refractivity contribution in [1.82, 2.24) is 4.90 Å². The van der Waals surface area contributed by atoms with Crippen LogP contribution in [0.25, 0.3) is 0 Å². The van der Waals surface area contributed by atoms with Crippen LogP contribution in [0.3, 0.4) is 0 Å². The van der Waals surface area contributed by atoms with Gasteiger partial charge in [-0.3, -0.25) is 4.90 Å². The van der Waals surface area contributed by atoms with E-state index < -0.39 is 0 Å². The second-order valence-corrected chi connectivity index (χ2v) is 3.68. The molecule has 2 N–H and O–H groups in total. The number of methoxy groups -OCH3 is 1. The molecule has 0 saturated carbocycles. The maximum absolute atomic E-state index is 5.55. The fourth-order valence-electron chi connectivity index (χ4n) is 1.50. The molecule has 0 aliphatic heterocycles. The average molecular weight is 202 g/mol. The Kier molecular flexibility index (Phi) is 10.9. The Morgan fingerprint density at radius 3 is 2.43 bits per heavy atom. The molecule has 0 aliphatic rings. The first-order chi connectivity index (χ1) is 6.85. The lowest BCUT2D eigenvalue weighted by Gasteiger charge is -2.20. The van der Waals surface area contributed by atoms with E-state index in [0.717, 1.165) is 26.2 Å². The highest BCUT2D eigenvalue weighted by molar-refractivity contribution is 4.58. The smallest absolute Gasteiger partial charge is 0.0589 e. The van der Waals surface area contributed by atoms with Crippen molar-refractivity contribution in [3.8, 4) is 0 Å². The molecule has 0 aliphatic carbocycles. The van der Waals surface area contributed by atoms with Crippen LogP contribution in [0.4, 0.5) is 0 Å². The topological polar surface area (TPSA) is 38.5 Å². The van der Waals surface area contributed by atoms with Gasteiger partial charge in [-0.25, -0.2) is 0 Å². The van der Waals surface area contributed by atoms with Crippen molar-refractivity contribution in [2.75, 3.05) is 39.9 Å². The average Bonchev–Trinajstić information content (AvgIpc) is 2.20. The third kappa shape index (κ3) is 8.48. The molecule has 0 spiro atoms. The minimum atomic E-state index is 0.748. The molecular weight excluding hydrogens is 176 g/mol. The van der Waals surface area contributed by atoms with Gasteiger partial charge in [-0.15, -0.1) is 0 Å². The molecule has 0 fully saturated rings. The summed E-state index contributed by atoms with van der Waals surface area (Å²) in [6.07, 6.45) is 5.28. The van der Waals surface area contributed by atoms with Crippen LogP contribution in [0.15, 0.2) is 0 Å². The molecule has 86 valence electrons. The van der Waals surface area contributed by atoms with Gasteiger partial charge < -0.3 is 10.5 Å². The maximum atomic E-state index is 5.55. The predicted molar refractivity (Wildman–Crippen MR) is 61.5 cm³/mol. The summed E-state index contributed by atoms with van der Waals surface area (Å²) in [4.78, 5) is 2.39. The SMILES string of the molecule is CCCCCCN(CCN)CCOC. The highest BCUT2D eigenvalue weighted by atomic mass is 16.5. The van der Waals surface area contributed by atoms with Crippen LogP contribution in [0, 0.1) is 0 Å². The van der Waals surface area contributed by atoms with Gasteiger partial charge >= 0.3 is 0 Å². The van der Waals surface area contributed by atoms with E-state index in [4.69, 9.17) is 10.5 Å². The lowest BCUT2D eigenvalue weighted by Crippen LogP contribution is -2.33. The van der Waals surface area contributed by atoms with Gasteiger partial charge in [0.05, 0.1) is 6.61 Å². The molecule has 0 aromatic rings. The van der Waals surface area contributed by atoms with E-state index in [1.165, 1.54) is 32.2 Å². The number of nitrogens with two attached hydrogens (primary N) is 1. The van der Waals surface area contributed by atoms with Gasteiger partial charge in [0.25, 0.3) is 0 Å². The molecule has 0 aromatic heterocycles. The second kappa shape index (κ2) is 11.0. The minimum Gasteiger partial charge on any atom is -0.383 e. The molecular formula is C11H26N2O. The van der Waals surface area contributed by atoms with E-state index in [0.29, 0.717) is 0 Å². The highest BCUT2D eigenvalue weighted by Crippen LogP contribution is 2.00. The molecule has 3 nitrogen and oxygen atoms in total. The zero-order chi connectivity index (χ0) is 10.6. The Bertz CT molecular complexity index is 109. The van der Waals surface area contributed by atoms with E-state index in [2.05, 4.69) is 11.8 Å². The van der Waals surface area contributed by atoms with Crippen molar-refractivity contribution in [2.24, 2.45) is 5.73 Å². The number of hydrogen-bond acceptors (Lipinski definition) is 3. The lowest BCUT2D eigenvalue weighted by molar-refractivity contribution is 0.148. The van der Waals surface area contributed by atoms with Crippen molar-refractivity contribution >= 4 is 0 Å². The molecule has 14 heavy (non-hydrogen) atoms. The number of ether oxygens (including phenoxy) is 1. The van der Waals surface area contributed by atoms with E-state index >= 15 is 0 Å². The van der Waals surface area contributed by atoms with Gasteiger partial charge in [0.2, 0.25) is 0 Å². The molecule has 0 radical (unpaired) electrons. The molecule has 0 amide bonds. The zero-order valence-corrected chi connectivity index (χ0v) is 9.80. The quantitative estimate of drug-likeness (QED) is 0.545. The number of hydrogen-bond donors (Lipinski definition) is 1. The molecule has 0 saturated heterocycles. The van der Waals surface area contributed by atoms with Crippen LogP contribution in [0.2, 0.25) is 0 Å². The number of rotatable bonds is 10. The van der Waals surface area contributed by atoms with Crippen molar-refractivity contribution in [1.29, 1.82) is 0 Å². The Labute approximate surface area is 88.6 Å². The minimum absolute atomic E-state index is 0.748. The van der Waals surface area contributed by atoms with E-state index in [1.54, 1.807) is 7.11 Å². The summed E-state index contributed by atoms with van der Waals surface area (Å²) in [5.41, 5.74) is 5.55. The summed E-state index contributed by atoms with van der Waals surface area (Å²) in [5.74, 6) is 0. The van der Waals surface area contributed by atoms with Crippen molar-refractivity contribution < 1.29 is 4.74 Å². The van der Waals surface area contributed by atoms with Crippen molar-refractivity contribution in [3.05, 3.63) is 0 Å². The first kappa shape index (κ1) is 13.9. The number of unbranched alkanes of at least 4 members (excludes halogenated alkanes) is 3. The predicted octanol–water partition coefficient (Wildman–Crippen LogP) is 1.47. The number of nitrogens with zero attached hydrogens (tertiary/aromatic N) is 1. The monoisotopic (exact) mass is 202 g/mol. The van der Waals surface area contributed by atoms with Crippen LogP contribution in [-0.4, -0.2) is 44.8 Å². The highest BCUT2D eigenvalue weighted by Gasteiger charge is 2.02. The van der Waals surface area contributed by atoms with Gasteiger partial charge in [-0.2, -0.15) is 0 Å². The molecule has 0 aromatic carbocycles. The van der Waals surface area contributed by atoms with Gasteiger partial charge in [0, 0.05) is 26.7 Å². The molecule has 0 heterocycles. The van der Waals surface area contributed by atoms with Crippen LogP contribution in [-0.2, 0) is 4.74 Å². The normalized spacial score (nSPS) is 11.1. The Morgan fingerprint density at radius 2 is 1.86 bits per heavy atom. The summed E-state index contributed by atoms with van der Waals surface area (Å²) in [6.45, 7) is 6.98. The third-order valence-electron chi connectivity index (χ3n) is 2.38. The third-order valence-corrected chi connectivity index (χ3v) is 2.38. The molecule has 0 rings (SSSR count). The van der Waals surface area contributed by atoms with E-state index in [9.17, 15) is 0 Å². The van der Waals surface area contributed by atoms with Gasteiger partial charge in [0.15, 0.2) is 0 Å². The summed E-state index contributed by atoms with van der Waals surface area (Å²) >= 11 is 0. The first-order valence-corrected chi connectivity index (χ1v) is 5.76. The van der Waals surface area contributed by atoms with Crippen molar-refractivity contribution in [3.63, 3.8) is 0 Å². The van der Waals surface area contributed by atoms with Crippen LogP contribution < -0.4 is 5.73 Å². The Balaban J connectivity index is 3.40. The fraction of sp³-hybridized carbons (Fsp3) is 1.00. The van der Waals surface area contributed by atoms with E-state index in [-0.39, 0.29) is 0 Å². The largest absolute Gasteiger partial charge is 0.383 e. The first-order valence-electron chi connectivity index (χ1n) is 5.76. The molecule has 0 bridgehead atoms. The van der Waals surface area contributed by atoms with Crippen LogP contribution in [0.5, 0.6) is 0 Å². The van der Waals surface area contributed by atoms with Gasteiger partial charge in [-0.05, 0) is 13.0 Å². The molecule has 0 unspecified atom stereocenters. The van der Waals surface area contributed by atoms with Crippen molar-refractivity contribution in [2.45, 2.75) is 32.6 Å². The lowest BCUT2D eigenvalue weighted by atomic mass is 10.2. The van der Waals surface area contributed by atoms with Gasteiger partial charge in [-0.1, -0.05) is 26.2 Å². The summed E-state index contributed by atoms with van der Waals surface area (Å²) in [5, 5.41) is 0.